The molecule has 3 nitrogen and oxygen atoms in total. The molecule has 1 unspecified atom stereocenters. The van der Waals surface area contributed by atoms with Gasteiger partial charge >= 0.3 is 0 Å². The number of amides is 1. The molecule has 100 valence electrons. The molecule has 1 amide bonds. The van der Waals surface area contributed by atoms with Crippen LogP contribution in [0.1, 0.15) is 37.3 Å². The van der Waals surface area contributed by atoms with Gasteiger partial charge in [0, 0.05) is 6.54 Å². The molecule has 0 aromatic heterocycles. The minimum Gasteiger partial charge on any atom is -0.354 e. The second-order valence-electron chi connectivity index (χ2n) is 4.78. The number of rotatable bonds is 7. The van der Waals surface area contributed by atoms with E-state index in [1.807, 2.05) is 6.07 Å². The molecule has 0 aliphatic rings. The highest BCUT2D eigenvalue weighted by Gasteiger charge is 2.11. The van der Waals surface area contributed by atoms with Crippen molar-refractivity contribution in [3.8, 4) is 0 Å². The first kappa shape index (κ1) is 14.7. The topological polar surface area (TPSA) is 55.1 Å². The average Bonchev–Trinajstić information content (AvgIpc) is 2.35. The third-order valence-corrected chi connectivity index (χ3v) is 3.00. The van der Waals surface area contributed by atoms with Crippen molar-refractivity contribution in [3.05, 3.63) is 35.4 Å². The summed E-state index contributed by atoms with van der Waals surface area (Å²) < 4.78 is 0. The summed E-state index contributed by atoms with van der Waals surface area (Å²) in [7, 11) is 0. The van der Waals surface area contributed by atoms with E-state index in [0.29, 0.717) is 6.54 Å². The number of unbranched alkanes of at least 4 members (excludes halogenated alkanes) is 1. The Hall–Kier alpha value is -1.35. The maximum atomic E-state index is 11.7. The lowest BCUT2D eigenvalue weighted by atomic mass is 10.1. The molecule has 1 atom stereocenters. The Morgan fingerprint density at radius 3 is 2.89 bits per heavy atom. The number of hydrogen-bond acceptors (Lipinski definition) is 2. The number of aryl methyl sites for hydroxylation is 1. The second kappa shape index (κ2) is 7.88. The van der Waals surface area contributed by atoms with E-state index in [2.05, 4.69) is 37.4 Å². The number of carbonyl (C=O) groups is 1. The molecule has 0 radical (unpaired) electrons. The summed E-state index contributed by atoms with van der Waals surface area (Å²) in [4.78, 5) is 11.7. The monoisotopic (exact) mass is 248 g/mol. The molecule has 1 aromatic rings. The maximum absolute atomic E-state index is 11.7. The van der Waals surface area contributed by atoms with Gasteiger partial charge in [-0.1, -0.05) is 49.6 Å². The van der Waals surface area contributed by atoms with E-state index in [0.717, 1.165) is 25.7 Å². The van der Waals surface area contributed by atoms with E-state index in [-0.39, 0.29) is 11.9 Å². The molecule has 1 aromatic carbocycles. The smallest absolute Gasteiger partial charge is 0.236 e. The van der Waals surface area contributed by atoms with Gasteiger partial charge in [-0.25, -0.2) is 0 Å². The highest BCUT2D eigenvalue weighted by Crippen LogP contribution is 2.04. The van der Waals surface area contributed by atoms with Crippen molar-refractivity contribution >= 4 is 5.91 Å². The van der Waals surface area contributed by atoms with Gasteiger partial charge in [0.2, 0.25) is 5.91 Å². The zero-order chi connectivity index (χ0) is 13.4. The van der Waals surface area contributed by atoms with Crippen LogP contribution in [0.2, 0.25) is 0 Å². The number of hydrogen-bond donors (Lipinski definition) is 2. The van der Waals surface area contributed by atoms with Gasteiger partial charge in [-0.3, -0.25) is 4.79 Å². The molecule has 18 heavy (non-hydrogen) atoms. The van der Waals surface area contributed by atoms with Crippen LogP contribution >= 0.6 is 0 Å². The predicted molar refractivity (Wildman–Crippen MR) is 75.4 cm³/mol. The first-order valence-corrected chi connectivity index (χ1v) is 6.72. The van der Waals surface area contributed by atoms with Crippen LogP contribution in [0.4, 0.5) is 0 Å². The maximum Gasteiger partial charge on any atom is 0.236 e. The van der Waals surface area contributed by atoms with E-state index in [9.17, 15) is 4.79 Å². The van der Waals surface area contributed by atoms with Crippen molar-refractivity contribution in [1.29, 1.82) is 0 Å². The lowest BCUT2D eigenvalue weighted by Crippen LogP contribution is -2.41. The van der Waals surface area contributed by atoms with Crippen LogP contribution in [0.3, 0.4) is 0 Å². The van der Waals surface area contributed by atoms with Crippen LogP contribution in [0, 0.1) is 6.92 Å². The van der Waals surface area contributed by atoms with Crippen LogP contribution in [0.25, 0.3) is 0 Å². The Bertz CT molecular complexity index is 377. The van der Waals surface area contributed by atoms with E-state index < -0.39 is 0 Å². The van der Waals surface area contributed by atoms with Gasteiger partial charge in [-0.2, -0.15) is 0 Å². The summed E-state index contributed by atoms with van der Waals surface area (Å²) in [6.45, 7) is 4.83. The summed E-state index contributed by atoms with van der Waals surface area (Å²) in [6, 6.07) is 7.98. The molecule has 3 N–H and O–H groups in total. The van der Waals surface area contributed by atoms with E-state index in [4.69, 9.17) is 5.73 Å². The zero-order valence-electron chi connectivity index (χ0n) is 11.4. The highest BCUT2D eigenvalue weighted by atomic mass is 16.2. The standard InChI is InChI=1S/C15H24N2O/c1-3-4-8-14(16)15(18)17-10-9-13-7-5-6-12(2)11-13/h5-7,11,14H,3-4,8-10,16H2,1-2H3,(H,17,18). The van der Waals surface area contributed by atoms with Crippen LogP contribution in [0.15, 0.2) is 24.3 Å². The number of nitrogens with one attached hydrogen (secondary N) is 1. The third-order valence-electron chi connectivity index (χ3n) is 3.00. The molecule has 0 aliphatic heterocycles. The molecular weight excluding hydrogens is 224 g/mol. The van der Waals surface area contributed by atoms with Gasteiger partial charge < -0.3 is 11.1 Å². The van der Waals surface area contributed by atoms with Crippen LogP contribution in [-0.2, 0) is 11.2 Å². The molecule has 0 saturated heterocycles. The Morgan fingerprint density at radius 2 is 2.22 bits per heavy atom. The van der Waals surface area contributed by atoms with E-state index >= 15 is 0 Å². The molecular formula is C15H24N2O. The predicted octanol–water partition coefficient (Wildman–Crippen LogP) is 2.17. The number of carbonyl (C=O) groups excluding carboxylic acids is 1. The van der Waals surface area contributed by atoms with Crippen molar-refractivity contribution in [3.63, 3.8) is 0 Å². The molecule has 0 bridgehead atoms. The summed E-state index contributed by atoms with van der Waals surface area (Å²) in [5, 5.41) is 2.90. The normalized spacial score (nSPS) is 12.2. The summed E-state index contributed by atoms with van der Waals surface area (Å²) in [6.07, 6.45) is 3.71. The van der Waals surface area contributed by atoms with Crippen molar-refractivity contribution < 1.29 is 4.79 Å². The minimum atomic E-state index is -0.359. The molecule has 0 saturated carbocycles. The Labute approximate surface area is 110 Å². The first-order valence-electron chi connectivity index (χ1n) is 6.72. The third kappa shape index (κ3) is 5.32. The fourth-order valence-corrected chi connectivity index (χ4v) is 1.88. The minimum absolute atomic E-state index is 0.0314. The van der Waals surface area contributed by atoms with Crippen molar-refractivity contribution in [2.24, 2.45) is 5.73 Å². The zero-order valence-corrected chi connectivity index (χ0v) is 11.4. The van der Waals surface area contributed by atoms with E-state index in [1.165, 1.54) is 11.1 Å². The lowest BCUT2D eigenvalue weighted by Gasteiger charge is -2.11. The Kier molecular flexibility index (Phi) is 6.44. The fraction of sp³-hybridized carbons (Fsp3) is 0.533. The van der Waals surface area contributed by atoms with Gasteiger partial charge in [0.1, 0.15) is 0 Å². The molecule has 0 aliphatic carbocycles. The van der Waals surface area contributed by atoms with Crippen LogP contribution < -0.4 is 11.1 Å². The second-order valence-corrected chi connectivity index (χ2v) is 4.78. The van der Waals surface area contributed by atoms with Crippen LogP contribution in [-0.4, -0.2) is 18.5 Å². The Morgan fingerprint density at radius 1 is 1.44 bits per heavy atom. The van der Waals surface area contributed by atoms with Gasteiger partial charge in [-0.15, -0.1) is 0 Å². The SMILES string of the molecule is CCCCC(N)C(=O)NCCc1cccc(C)c1. The highest BCUT2D eigenvalue weighted by molar-refractivity contribution is 5.81. The average molecular weight is 248 g/mol. The fourth-order valence-electron chi connectivity index (χ4n) is 1.88. The Balaban J connectivity index is 2.27. The largest absolute Gasteiger partial charge is 0.354 e. The van der Waals surface area contributed by atoms with Gasteiger partial charge in [0.05, 0.1) is 6.04 Å². The van der Waals surface area contributed by atoms with Crippen molar-refractivity contribution in [2.75, 3.05) is 6.54 Å². The number of nitrogens with two attached hydrogens (primary N) is 1. The molecule has 3 heteroatoms. The number of benzene rings is 1. The quantitative estimate of drug-likeness (QED) is 0.777. The molecule has 0 fully saturated rings. The molecule has 0 heterocycles. The van der Waals surface area contributed by atoms with Gasteiger partial charge in [0.15, 0.2) is 0 Å². The van der Waals surface area contributed by atoms with Gasteiger partial charge in [0.25, 0.3) is 0 Å². The first-order chi connectivity index (χ1) is 8.63. The molecule has 1 rings (SSSR count). The van der Waals surface area contributed by atoms with Crippen molar-refractivity contribution in [2.45, 2.75) is 45.6 Å². The summed E-state index contributed by atoms with van der Waals surface area (Å²) in [5.74, 6) is -0.0314. The molecule has 0 spiro atoms. The van der Waals surface area contributed by atoms with Gasteiger partial charge in [-0.05, 0) is 25.3 Å². The summed E-state index contributed by atoms with van der Waals surface area (Å²) in [5.41, 5.74) is 8.29. The lowest BCUT2D eigenvalue weighted by molar-refractivity contribution is -0.122. The summed E-state index contributed by atoms with van der Waals surface area (Å²) >= 11 is 0. The van der Waals surface area contributed by atoms with Crippen molar-refractivity contribution in [1.82, 2.24) is 5.32 Å². The van der Waals surface area contributed by atoms with Crippen LogP contribution in [0.5, 0.6) is 0 Å². The van der Waals surface area contributed by atoms with E-state index in [1.54, 1.807) is 0 Å².